The van der Waals surface area contributed by atoms with Crippen molar-refractivity contribution in [2.75, 3.05) is 33.4 Å². The molecule has 0 aromatic heterocycles. The number of rotatable bonds is 7. The number of methoxy groups -OCH3 is 1. The first kappa shape index (κ1) is 14.0. The average Bonchev–Trinajstić information content (AvgIpc) is 2.39. The first-order chi connectivity index (χ1) is 8.28. The lowest BCUT2D eigenvalue weighted by molar-refractivity contribution is 0.158. The van der Waals surface area contributed by atoms with Crippen LogP contribution in [0.2, 0.25) is 0 Å². The molecule has 0 fully saturated rings. The number of hydrogen-bond donors (Lipinski definition) is 2. The second-order valence-electron chi connectivity index (χ2n) is 3.85. The standard InChI is InChI=1S/C13H22N2O2/c1-3-15(8-9-16)12(10-14)11-6-4-5-7-13(11)17-2/h4-7,12,16H,3,8-10,14H2,1-2H3. The molecular formula is C13H22N2O2. The molecule has 1 aromatic carbocycles. The molecule has 0 radical (unpaired) electrons. The van der Waals surface area contributed by atoms with Gasteiger partial charge in [-0.3, -0.25) is 4.90 Å². The number of likely N-dealkylation sites (N-methyl/N-ethyl adjacent to an activating group) is 1. The number of aliphatic hydroxyl groups excluding tert-OH is 1. The Bertz CT molecular complexity index is 331. The van der Waals surface area contributed by atoms with Crippen LogP contribution in [0, 0.1) is 0 Å². The lowest BCUT2D eigenvalue weighted by Gasteiger charge is -2.30. The average molecular weight is 238 g/mol. The van der Waals surface area contributed by atoms with Crippen molar-refractivity contribution < 1.29 is 9.84 Å². The van der Waals surface area contributed by atoms with E-state index in [9.17, 15) is 0 Å². The van der Waals surface area contributed by atoms with Crippen molar-refractivity contribution in [3.8, 4) is 5.75 Å². The highest BCUT2D eigenvalue weighted by atomic mass is 16.5. The van der Waals surface area contributed by atoms with Gasteiger partial charge in [-0.25, -0.2) is 0 Å². The molecule has 1 atom stereocenters. The van der Waals surface area contributed by atoms with Gasteiger partial charge in [0.1, 0.15) is 5.75 Å². The third-order valence-corrected chi connectivity index (χ3v) is 2.96. The highest BCUT2D eigenvalue weighted by Gasteiger charge is 2.20. The molecule has 17 heavy (non-hydrogen) atoms. The minimum Gasteiger partial charge on any atom is -0.496 e. The molecule has 0 bridgehead atoms. The van der Waals surface area contributed by atoms with Crippen LogP contribution in [0.5, 0.6) is 5.75 Å². The van der Waals surface area contributed by atoms with Gasteiger partial charge >= 0.3 is 0 Å². The zero-order valence-corrected chi connectivity index (χ0v) is 10.6. The van der Waals surface area contributed by atoms with Crippen molar-refractivity contribution in [1.29, 1.82) is 0 Å². The molecule has 0 aliphatic heterocycles. The Kier molecular flexibility index (Phi) is 5.97. The predicted molar refractivity (Wildman–Crippen MR) is 69.1 cm³/mol. The van der Waals surface area contributed by atoms with Gasteiger partial charge in [0.25, 0.3) is 0 Å². The fourth-order valence-corrected chi connectivity index (χ4v) is 2.08. The number of nitrogens with two attached hydrogens (primary N) is 1. The van der Waals surface area contributed by atoms with Crippen LogP contribution in [0.15, 0.2) is 24.3 Å². The Labute approximate surface area is 103 Å². The molecule has 4 nitrogen and oxygen atoms in total. The predicted octanol–water partition coefficient (Wildman–Crippen LogP) is 1.01. The summed E-state index contributed by atoms with van der Waals surface area (Å²) in [4.78, 5) is 2.15. The molecule has 3 N–H and O–H groups in total. The van der Waals surface area contributed by atoms with Gasteiger partial charge < -0.3 is 15.6 Å². The molecule has 0 aliphatic rings. The fraction of sp³-hybridized carbons (Fsp3) is 0.538. The Morgan fingerprint density at radius 2 is 2.12 bits per heavy atom. The normalized spacial score (nSPS) is 12.8. The molecule has 4 heteroatoms. The highest BCUT2D eigenvalue weighted by Crippen LogP contribution is 2.28. The van der Waals surface area contributed by atoms with Crippen LogP contribution in [-0.4, -0.2) is 43.4 Å². The number of nitrogens with zero attached hydrogens (tertiary/aromatic N) is 1. The van der Waals surface area contributed by atoms with E-state index < -0.39 is 0 Å². The first-order valence-electron chi connectivity index (χ1n) is 5.96. The molecule has 1 rings (SSSR count). The second kappa shape index (κ2) is 7.27. The van der Waals surface area contributed by atoms with Crippen LogP contribution >= 0.6 is 0 Å². The molecule has 1 unspecified atom stereocenters. The quantitative estimate of drug-likeness (QED) is 0.744. The molecule has 0 amide bonds. The fourth-order valence-electron chi connectivity index (χ4n) is 2.08. The summed E-state index contributed by atoms with van der Waals surface area (Å²) in [5.41, 5.74) is 6.93. The number of ether oxygens (including phenoxy) is 1. The summed E-state index contributed by atoms with van der Waals surface area (Å²) in [6.45, 7) is 4.18. The van der Waals surface area contributed by atoms with Gasteiger partial charge in [-0.05, 0) is 12.6 Å². The van der Waals surface area contributed by atoms with E-state index in [1.807, 2.05) is 24.3 Å². The smallest absolute Gasteiger partial charge is 0.123 e. The van der Waals surface area contributed by atoms with Crippen LogP contribution < -0.4 is 10.5 Å². The minimum atomic E-state index is 0.0864. The van der Waals surface area contributed by atoms with Gasteiger partial charge in [0.05, 0.1) is 19.8 Å². The number of benzene rings is 1. The summed E-state index contributed by atoms with van der Waals surface area (Å²) in [5.74, 6) is 0.847. The Morgan fingerprint density at radius 3 is 2.65 bits per heavy atom. The van der Waals surface area contributed by atoms with Crippen molar-refractivity contribution in [2.24, 2.45) is 5.73 Å². The Morgan fingerprint density at radius 1 is 1.41 bits per heavy atom. The topological polar surface area (TPSA) is 58.7 Å². The number of hydrogen-bond acceptors (Lipinski definition) is 4. The van der Waals surface area contributed by atoms with E-state index in [1.54, 1.807) is 7.11 Å². The number of para-hydroxylation sites is 1. The maximum atomic E-state index is 9.07. The maximum Gasteiger partial charge on any atom is 0.123 e. The van der Waals surface area contributed by atoms with E-state index in [-0.39, 0.29) is 12.6 Å². The van der Waals surface area contributed by atoms with Crippen molar-refractivity contribution in [1.82, 2.24) is 4.90 Å². The molecular weight excluding hydrogens is 216 g/mol. The van der Waals surface area contributed by atoms with Crippen molar-refractivity contribution in [3.63, 3.8) is 0 Å². The van der Waals surface area contributed by atoms with E-state index in [0.29, 0.717) is 13.1 Å². The zero-order chi connectivity index (χ0) is 12.7. The Balaban J connectivity index is 2.98. The first-order valence-corrected chi connectivity index (χ1v) is 5.96. The van der Waals surface area contributed by atoms with Gasteiger partial charge in [0.15, 0.2) is 0 Å². The summed E-state index contributed by atoms with van der Waals surface area (Å²) in [6, 6.07) is 7.97. The van der Waals surface area contributed by atoms with Crippen LogP contribution in [-0.2, 0) is 0 Å². The van der Waals surface area contributed by atoms with Crippen LogP contribution in [0.4, 0.5) is 0 Å². The molecule has 96 valence electrons. The summed E-state index contributed by atoms with van der Waals surface area (Å²) in [5, 5.41) is 9.07. The van der Waals surface area contributed by atoms with Gasteiger partial charge in [-0.15, -0.1) is 0 Å². The SMILES string of the molecule is CCN(CCO)C(CN)c1ccccc1OC. The maximum absolute atomic E-state index is 9.07. The van der Waals surface area contributed by atoms with Gasteiger partial charge in [0.2, 0.25) is 0 Å². The van der Waals surface area contributed by atoms with E-state index in [1.165, 1.54) is 0 Å². The van der Waals surface area contributed by atoms with Crippen LogP contribution in [0.3, 0.4) is 0 Å². The third-order valence-electron chi connectivity index (χ3n) is 2.96. The summed E-state index contributed by atoms with van der Waals surface area (Å²) in [7, 11) is 1.66. The van der Waals surface area contributed by atoms with Gasteiger partial charge in [-0.1, -0.05) is 25.1 Å². The molecule has 0 saturated heterocycles. The van der Waals surface area contributed by atoms with Crippen molar-refractivity contribution in [2.45, 2.75) is 13.0 Å². The molecule has 0 spiro atoms. The summed E-state index contributed by atoms with van der Waals surface area (Å²) in [6.07, 6.45) is 0. The highest BCUT2D eigenvalue weighted by molar-refractivity contribution is 5.36. The zero-order valence-electron chi connectivity index (χ0n) is 10.6. The molecule has 0 saturated carbocycles. The van der Waals surface area contributed by atoms with E-state index in [0.717, 1.165) is 17.9 Å². The largest absolute Gasteiger partial charge is 0.496 e. The summed E-state index contributed by atoms with van der Waals surface area (Å²) >= 11 is 0. The number of aliphatic hydroxyl groups is 1. The lowest BCUT2D eigenvalue weighted by Crippen LogP contribution is -2.35. The van der Waals surface area contributed by atoms with Crippen LogP contribution in [0.25, 0.3) is 0 Å². The molecule has 0 heterocycles. The minimum absolute atomic E-state index is 0.0864. The van der Waals surface area contributed by atoms with Gasteiger partial charge in [0, 0.05) is 18.7 Å². The Hall–Kier alpha value is -1.10. The van der Waals surface area contributed by atoms with Crippen molar-refractivity contribution in [3.05, 3.63) is 29.8 Å². The second-order valence-corrected chi connectivity index (χ2v) is 3.85. The van der Waals surface area contributed by atoms with E-state index in [2.05, 4.69) is 11.8 Å². The monoisotopic (exact) mass is 238 g/mol. The van der Waals surface area contributed by atoms with E-state index >= 15 is 0 Å². The van der Waals surface area contributed by atoms with Crippen molar-refractivity contribution >= 4 is 0 Å². The van der Waals surface area contributed by atoms with Crippen LogP contribution in [0.1, 0.15) is 18.5 Å². The van der Waals surface area contributed by atoms with Gasteiger partial charge in [-0.2, -0.15) is 0 Å². The van der Waals surface area contributed by atoms with E-state index in [4.69, 9.17) is 15.6 Å². The third kappa shape index (κ3) is 3.43. The summed E-state index contributed by atoms with van der Waals surface area (Å²) < 4.78 is 5.36. The molecule has 1 aromatic rings. The lowest BCUT2D eigenvalue weighted by atomic mass is 10.0. The molecule has 0 aliphatic carbocycles.